The number of ether oxygens (including phenoxy) is 1. The number of rotatable bonds is 3. The van der Waals surface area contributed by atoms with E-state index < -0.39 is 0 Å². The molecular formula is C14H20ClN3O2. The summed E-state index contributed by atoms with van der Waals surface area (Å²) in [5, 5.41) is 0.395. The highest BCUT2D eigenvalue weighted by atomic mass is 35.5. The normalized spacial score (nSPS) is 20.0. The van der Waals surface area contributed by atoms with Crippen LogP contribution in [0.4, 0.5) is 0 Å². The molecule has 6 heteroatoms. The quantitative estimate of drug-likeness (QED) is 0.846. The lowest BCUT2D eigenvalue weighted by molar-refractivity contribution is 0.0735. The molecule has 0 radical (unpaired) electrons. The van der Waals surface area contributed by atoms with Crippen LogP contribution in [0.25, 0.3) is 0 Å². The summed E-state index contributed by atoms with van der Waals surface area (Å²) in [6.07, 6.45) is 3.09. The SMILES string of the molecule is CN(C)CC1COCCN(C(=O)c2ccncc2Cl)C1. The van der Waals surface area contributed by atoms with Crippen LogP contribution < -0.4 is 0 Å². The standard InChI is InChI=1S/C14H20ClN3O2/c1-17(2)8-11-9-18(5-6-20-10-11)14(19)12-3-4-16-7-13(12)15/h3-4,7,11H,5-6,8-10H2,1-2H3. The van der Waals surface area contributed by atoms with Crippen molar-refractivity contribution in [2.24, 2.45) is 5.92 Å². The summed E-state index contributed by atoms with van der Waals surface area (Å²) in [5.41, 5.74) is 0.507. The lowest BCUT2D eigenvalue weighted by Gasteiger charge is -2.25. The zero-order valence-corrected chi connectivity index (χ0v) is 12.6. The number of hydrogen-bond acceptors (Lipinski definition) is 4. The average Bonchev–Trinajstić information content (AvgIpc) is 2.63. The summed E-state index contributed by atoms with van der Waals surface area (Å²) >= 11 is 6.05. The van der Waals surface area contributed by atoms with Crippen molar-refractivity contribution in [1.29, 1.82) is 0 Å². The van der Waals surface area contributed by atoms with E-state index in [0.29, 0.717) is 42.8 Å². The highest BCUT2D eigenvalue weighted by Gasteiger charge is 2.24. The topological polar surface area (TPSA) is 45.7 Å². The van der Waals surface area contributed by atoms with E-state index in [1.165, 1.54) is 6.20 Å². The molecule has 1 aliphatic heterocycles. The van der Waals surface area contributed by atoms with E-state index in [9.17, 15) is 4.79 Å². The molecule has 1 amide bonds. The monoisotopic (exact) mass is 297 g/mol. The number of carbonyl (C=O) groups is 1. The van der Waals surface area contributed by atoms with Crippen LogP contribution in [0, 0.1) is 5.92 Å². The molecule has 1 unspecified atom stereocenters. The summed E-state index contributed by atoms with van der Waals surface area (Å²) in [4.78, 5) is 20.4. The fourth-order valence-electron chi connectivity index (χ4n) is 2.41. The molecule has 0 saturated carbocycles. The third-order valence-electron chi connectivity index (χ3n) is 3.25. The van der Waals surface area contributed by atoms with Gasteiger partial charge in [-0.3, -0.25) is 9.78 Å². The number of pyridine rings is 1. The Morgan fingerprint density at radius 3 is 3.10 bits per heavy atom. The van der Waals surface area contributed by atoms with Crippen molar-refractivity contribution in [3.63, 3.8) is 0 Å². The van der Waals surface area contributed by atoms with Gasteiger partial charge in [-0.15, -0.1) is 0 Å². The molecule has 5 nitrogen and oxygen atoms in total. The van der Waals surface area contributed by atoms with E-state index in [1.54, 1.807) is 12.3 Å². The van der Waals surface area contributed by atoms with Gasteiger partial charge >= 0.3 is 0 Å². The summed E-state index contributed by atoms with van der Waals surface area (Å²) in [7, 11) is 4.05. The van der Waals surface area contributed by atoms with Gasteiger partial charge in [0, 0.05) is 37.9 Å². The second-order valence-electron chi connectivity index (χ2n) is 5.31. The Kier molecular flexibility index (Phi) is 5.34. The molecule has 110 valence electrons. The second kappa shape index (κ2) is 7.02. The predicted octanol–water partition coefficient (Wildman–Crippen LogP) is 1.39. The lowest BCUT2D eigenvalue weighted by Crippen LogP contribution is -2.38. The van der Waals surface area contributed by atoms with Crippen molar-refractivity contribution < 1.29 is 9.53 Å². The maximum Gasteiger partial charge on any atom is 0.255 e. The minimum absolute atomic E-state index is 0.0494. The fraction of sp³-hybridized carbons (Fsp3) is 0.571. The third-order valence-corrected chi connectivity index (χ3v) is 3.55. The van der Waals surface area contributed by atoms with Crippen molar-refractivity contribution in [3.05, 3.63) is 29.0 Å². The zero-order chi connectivity index (χ0) is 14.5. The number of nitrogens with zero attached hydrogens (tertiary/aromatic N) is 3. The number of carbonyl (C=O) groups excluding carboxylic acids is 1. The van der Waals surface area contributed by atoms with Crippen molar-refractivity contribution in [3.8, 4) is 0 Å². The van der Waals surface area contributed by atoms with Crippen LogP contribution >= 0.6 is 11.6 Å². The van der Waals surface area contributed by atoms with Gasteiger partial charge in [0.05, 0.1) is 23.8 Å². The van der Waals surface area contributed by atoms with E-state index in [0.717, 1.165) is 6.54 Å². The Hall–Kier alpha value is -1.17. The Morgan fingerprint density at radius 1 is 1.60 bits per heavy atom. The molecule has 20 heavy (non-hydrogen) atoms. The van der Waals surface area contributed by atoms with Gasteiger partial charge in [-0.1, -0.05) is 11.6 Å². The first-order valence-corrected chi connectivity index (χ1v) is 7.07. The average molecular weight is 298 g/mol. The Balaban J connectivity index is 2.10. The van der Waals surface area contributed by atoms with E-state index in [-0.39, 0.29) is 5.91 Å². The molecule has 1 aliphatic rings. The smallest absolute Gasteiger partial charge is 0.255 e. The highest BCUT2D eigenvalue weighted by molar-refractivity contribution is 6.33. The molecule has 2 rings (SSSR count). The van der Waals surface area contributed by atoms with Crippen molar-refractivity contribution in [2.75, 3.05) is 46.9 Å². The molecule has 2 heterocycles. The molecule has 1 aromatic heterocycles. The molecule has 0 aromatic carbocycles. The molecule has 1 aromatic rings. The van der Waals surface area contributed by atoms with E-state index >= 15 is 0 Å². The highest BCUT2D eigenvalue weighted by Crippen LogP contribution is 2.18. The summed E-state index contributed by atoms with van der Waals surface area (Å²) in [6.45, 7) is 3.44. The molecule has 0 aliphatic carbocycles. The molecule has 1 saturated heterocycles. The van der Waals surface area contributed by atoms with Gasteiger partial charge < -0.3 is 14.5 Å². The Morgan fingerprint density at radius 2 is 2.40 bits per heavy atom. The number of hydrogen-bond donors (Lipinski definition) is 0. The number of aromatic nitrogens is 1. The minimum Gasteiger partial charge on any atom is -0.379 e. The summed E-state index contributed by atoms with van der Waals surface area (Å²) in [6, 6.07) is 1.66. The first kappa shape index (κ1) is 15.2. The van der Waals surface area contributed by atoms with Crippen molar-refractivity contribution in [2.45, 2.75) is 0 Å². The Labute approximate surface area is 124 Å². The maximum atomic E-state index is 12.5. The van der Waals surface area contributed by atoms with Crippen molar-refractivity contribution in [1.82, 2.24) is 14.8 Å². The second-order valence-corrected chi connectivity index (χ2v) is 5.72. The number of halogens is 1. The Bertz CT molecular complexity index is 467. The van der Waals surface area contributed by atoms with Crippen LogP contribution in [-0.4, -0.2) is 67.6 Å². The predicted molar refractivity (Wildman–Crippen MR) is 78.0 cm³/mol. The van der Waals surface area contributed by atoms with Crippen LogP contribution in [0.3, 0.4) is 0 Å². The first-order chi connectivity index (χ1) is 9.58. The van der Waals surface area contributed by atoms with Gasteiger partial charge in [0.1, 0.15) is 0 Å². The third kappa shape index (κ3) is 3.91. The van der Waals surface area contributed by atoms with Gasteiger partial charge in [-0.25, -0.2) is 0 Å². The van der Waals surface area contributed by atoms with Crippen LogP contribution in [-0.2, 0) is 4.74 Å². The first-order valence-electron chi connectivity index (χ1n) is 6.69. The van der Waals surface area contributed by atoms with E-state index in [1.807, 2.05) is 19.0 Å². The fourth-order valence-corrected chi connectivity index (χ4v) is 2.61. The van der Waals surface area contributed by atoms with Crippen LogP contribution in [0.15, 0.2) is 18.5 Å². The molecule has 0 N–H and O–H groups in total. The van der Waals surface area contributed by atoms with Crippen LogP contribution in [0.2, 0.25) is 5.02 Å². The molecule has 1 atom stereocenters. The summed E-state index contributed by atoms with van der Waals surface area (Å²) in [5.74, 6) is 0.267. The van der Waals surface area contributed by atoms with Gasteiger partial charge in [0.15, 0.2) is 0 Å². The van der Waals surface area contributed by atoms with Gasteiger partial charge in [-0.2, -0.15) is 0 Å². The van der Waals surface area contributed by atoms with Gasteiger partial charge in [0.2, 0.25) is 0 Å². The minimum atomic E-state index is -0.0494. The maximum absolute atomic E-state index is 12.5. The lowest BCUT2D eigenvalue weighted by atomic mass is 10.1. The van der Waals surface area contributed by atoms with E-state index in [2.05, 4.69) is 9.88 Å². The van der Waals surface area contributed by atoms with Gasteiger partial charge in [0.25, 0.3) is 5.91 Å². The molecule has 0 spiro atoms. The molecular weight excluding hydrogens is 278 g/mol. The largest absolute Gasteiger partial charge is 0.379 e. The molecule has 0 bridgehead atoms. The van der Waals surface area contributed by atoms with Crippen molar-refractivity contribution >= 4 is 17.5 Å². The summed E-state index contributed by atoms with van der Waals surface area (Å²) < 4.78 is 5.59. The molecule has 1 fully saturated rings. The zero-order valence-electron chi connectivity index (χ0n) is 11.9. The van der Waals surface area contributed by atoms with Crippen LogP contribution in [0.1, 0.15) is 10.4 Å². The van der Waals surface area contributed by atoms with E-state index in [4.69, 9.17) is 16.3 Å². The van der Waals surface area contributed by atoms with Gasteiger partial charge in [-0.05, 0) is 20.2 Å². The number of amides is 1. The van der Waals surface area contributed by atoms with Crippen LogP contribution in [0.5, 0.6) is 0 Å².